The number of nitrogens with one attached hydrogen (secondary N) is 1. The Balaban J connectivity index is -0.000000801. The SMILES string of the molecule is C=CC(=O)CCC(=O)OCCOCCOCCOC(=O)CNC(=O)C=C.NCC(=O)OCCOCCOCCOC(=O)CN.OCCOCCOCCO. The number of aliphatic hydroxyl groups is 2. The molecular weight excluding hydrogens is 726 g/mol. The maximum absolute atomic E-state index is 11.3. The van der Waals surface area contributed by atoms with E-state index in [9.17, 15) is 28.8 Å². The highest BCUT2D eigenvalue weighted by Crippen LogP contribution is 1.95. The topological polar surface area (TPSA) is 299 Å². The van der Waals surface area contributed by atoms with Crippen LogP contribution in [0.5, 0.6) is 0 Å². The fourth-order valence-electron chi connectivity index (χ4n) is 2.75. The predicted molar refractivity (Wildman–Crippen MR) is 189 cm³/mol. The van der Waals surface area contributed by atoms with Crippen LogP contribution in [0.1, 0.15) is 12.8 Å². The molecule has 21 nitrogen and oxygen atoms in total. The summed E-state index contributed by atoms with van der Waals surface area (Å²) in [6.45, 7) is 10.6. The van der Waals surface area contributed by atoms with Gasteiger partial charge in [-0.2, -0.15) is 0 Å². The van der Waals surface area contributed by atoms with Gasteiger partial charge in [0, 0.05) is 6.42 Å². The predicted octanol–water partition coefficient (Wildman–Crippen LogP) is -3.03. The van der Waals surface area contributed by atoms with Crippen LogP contribution < -0.4 is 16.8 Å². The molecule has 0 aliphatic heterocycles. The molecule has 0 atom stereocenters. The first-order valence-electron chi connectivity index (χ1n) is 16.9. The largest absolute Gasteiger partial charge is 0.463 e. The average molecular weight is 786 g/mol. The zero-order valence-corrected chi connectivity index (χ0v) is 30.9. The van der Waals surface area contributed by atoms with Gasteiger partial charge in [0.15, 0.2) is 5.78 Å². The van der Waals surface area contributed by atoms with Gasteiger partial charge in [0.25, 0.3) is 0 Å². The summed E-state index contributed by atoms with van der Waals surface area (Å²) in [6.07, 6.45) is 2.32. The molecule has 0 rings (SSSR count). The highest BCUT2D eigenvalue weighted by Gasteiger charge is 2.06. The van der Waals surface area contributed by atoms with Crippen LogP contribution in [-0.2, 0) is 76.1 Å². The standard InChI is InChI=1S/C17H25NO8.C10H20N2O6.C6H14O4/c1-3-14(19)5-6-16(21)25-11-9-23-7-8-24-10-12-26-17(22)13-18-15(20)4-2;11-7-9(13)17-5-3-15-1-2-16-4-6-18-10(14)8-12;7-1-3-9-5-6-10-4-2-8/h3-4H,1-2,5-13H2,(H,18,20);1-8,11-12H2;7-8H,1-6H2. The smallest absolute Gasteiger partial charge is 0.325 e. The molecule has 0 aromatic carbocycles. The number of aliphatic hydroxyl groups excluding tert-OH is 2. The van der Waals surface area contributed by atoms with Crippen LogP contribution in [0.25, 0.3) is 0 Å². The summed E-state index contributed by atoms with van der Waals surface area (Å²) in [5.41, 5.74) is 10.1. The molecule has 0 aliphatic carbocycles. The molecule has 0 fully saturated rings. The first-order valence-corrected chi connectivity index (χ1v) is 16.9. The maximum atomic E-state index is 11.3. The second kappa shape index (κ2) is 45.3. The lowest BCUT2D eigenvalue weighted by molar-refractivity contribution is -0.147. The molecule has 0 saturated heterocycles. The van der Waals surface area contributed by atoms with Gasteiger partial charge >= 0.3 is 23.9 Å². The fourth-order valence-corrected chi connectivity index (χ4v) is 2.75. The van der Waals surface area contributed by atoms with Crippen LogP contribution in [0.2, 0.25) is 0 Å². The van der Waals surface area contributed by atoms with Crippen molar-refractivity contribution in [1.82, 2.24) is 5.32 Å². The molecular formula is C33H59N3O18. The Labute approximate surface area is 315 Å². The van der Waals surface area contributed by atoms with Crippen molar-refractivity contribution in [1.29, 1.82) is 0 Å². The van der Waals surface area contributed by atoms with E-state index >= 15 is 0 Å². The number of carbonyl (C=O) groups is 6. The molecule has 0 spiro atoms. The van der Waals surface area contributed by atoms with E-state index in [2.05, 4.69) is 27.9 Å². The van der Waals surface area contributed by atoms with Crippen molar-refractivity contribution < 1.29 is 86.3 Å². The Kier molecular flexibility index (Phi) is 45.6. The van der Waals surface area contributed by atoms with E-state index in [0.717, 1.165) is 12.2 Å². The number of carbonyl (C=O) groups excluding carboxylic acids is 6. The quantitative estimate of drug-likeness (QED) is 0.0188. The van der Waals surface area contributed by atoms with Crippen molar-refractivity contribution >= 4 is 35.6 Å². The summed E-state index contributed by atoms with van der Waals surface area (Å²) in [5, 5.41) is 18.8. The third-order valence-electron chi connectivity index (χ3n) is 5.28. The van der Waals surface area contributed by atoms with Crippen LogP contribution in [0.3, 0.4) is 0 Å². The van der Waals surface area contributed by atoms with Crippen molar-refractivity contribution in [2.24, 2.45) is 11.5 Å². The van der Waals surface area contributed by atoms with Crippen LogP contribution in [0.15, 0.2) is 25.3 Å². The first kappa shape index (κ1) is 54.4. The highest BCUT2D eigenvalue weighted by atomic mass is 16.6. The second-order valence-corrected chi connectivity index (χ2v) is 9.50. The second-order valence-electron chi connectivity index (χ2n) is 9.50. The van der Waals surface area contributed by atoms with Crippen molar-refractivity contribution in [3.63, 3.8) is 0 Å². The van der Waals surface area contributed by atoms with Crippen molar-refractivity contribution in [2.75, 3.05) is 139 Å². The molecule has 1 amide bonds. The van der Waals surface area contributed by atoms with Gasteiger partial charge in [0.1, 0.15) is 33.0 Å². The summed E-state index contributed by atoms with van der Waals surface area (Å²) in [7, 11) is 0. The molecule has 7 N–H and O–H groups in total. The van der Waals surface area contributed by atoms with Gasteiger partial charge in [0.2, 0.25) is 5.91 Å². The van der Waals surface area contributed by atoms with Crippen molar-refractivity contribution in [2.45, 2.75) is 12.8 Å². The van der Waals surface area contributed by atoms with Crippen molar-refractivity contribution in [3.8, 4) is 0 Å². The number of allylic oxidation sites excluding steroid dienone is 1. The average Bonchev–Trinajstić information content (AvgIpc) is 3.18. The van der Waals surface area contributed by atoms with E-state index < -0.39 is 29.8 Å². The zero-order valence-electron chi connectivity index (χ0n) is 30.9. The van der Waals surface area contributed by atoms with Gasteiger partial charge in [-0.3, -0.25) is 28.8 Å². The number of esters is 4. The van der Waals surface area contributed by atoms with Gasteiger partial charge < -0.3 is 74.4 Å². The lowest BCUT2D eigenvalue weighted by Gasteiger charge is -2.08. The Morgan fingerprint density at radius 1 is 0.463 bits per heavy atom. The molecule has 0 unspecified atom stereocenters. The van der Waals surface area contributed by atoms with Crippen LogP contribution >= 0.6 is 0 Å². The number of ketones is 1. The van der Waals surface area contributed by atoms with E-state index in [1.807, 2.05) is 0 Å². The molecule has 0 aliphatic rings. The van der Waals surface area contributed by atoms with E-state index in [0.29, 0.717) is 39.6 Å². The Bertz CT molecular complexity index is 910. The maximum Gasteiger partial charge on any atom is 0.325 e. The third kappa shape index (κ3) is 48.1. The Hall–Kier alpha value is -3.90. The molecule has 54 heavy (non-hydrogen) atoms. The van der Waals surface area contributed by atoms with E-state index in [4.69, 9.17) is 59.6 Å². The summed E-state index contributed by atoms with van der Waals surface area (Å²) in [4.78, 5) is 65.5. The first-order chi connectivity index (χ1) is 26.1. The van der Waals surface area contributed by atoms with Gasteiger partial charge in [0.05, 0.1) is 112 Å². The van der Waals surface area contributed by atoms with Crippen molar-refractivity contribution in [3.05, 3.63) is 25.3 Å². The zero-order chi connectivity index (χ0) is 40.9. The van der Waals surface area contributed by atoms with Gasteiger partial charge in [-0.25, -0.2) is 0 Å². The number of ether oxygens (including phenoxy) is 10. The summed E-state index contributed by atoms with van der Waals surface area (Å²) < 4.78 is 49.4. The molecule has 0 heterocycles. The van der Waals surface area contributed by atoms with Gasteiger partial charge in [-0.05, 0) is 12.2 Å². The minimum atomic E-state index is -0.573. The normalized spacial score (nSPS) is 10.0. The molecule has 21 heteroatoms. The number of hydrogen-bond donors (Lipinski definition) is 5. The molecule has 0 aromatic heterocycles. The Morgan fingerprint density at radius 2 is 0.796 bits per heavy atom. The summed E-state index contributed by atoms with van der Waals surface area (Å²) in [5.74, 6) is -2.62. The number of amides is 1. The summed E-state index contributed by atoms with van der Waals surface area (Å²) in [6, 6.07) is 0. The number of nitrogens with two attached hydrogens (primary N) is 2. The summed E-state index contributed by atoms with van der Waals surface area (Å²) >= 11 is 0. The minimum Gasteiger partial charge on any atom is -0.463 e. The van der Waals surface area contributed by atoms with Crippen LogP contribution in [-0.4, -0.2) is 184 Å². The van der Waals surface area contributed by atoms with E-state index in [1.54, 1.807) is 0 Å². The van der Waals surface area contributed by atoms with E-state index in [1.165, 1.54) is 0 Å². The minimum absolute atomic E-state index is 0.0178. The Morgan fingerprint density at radius 3 is 1.13 bits per heavy atom. The van der Waals surface area contributed by atoms with Crippen LogP contribution in [0, 0.1) is 0 Å². The lowest BCUT2D eigenvalue weighted by Crippen LogP contribution is -2.29. The highest BCUT2D eigenvalue weighted by molar-refractivity contribution is 5.91. The van der Waals surface area contributed by atoms with Gasteiger partial charge in [-0.15, -0.1) is 0 Å². The monoisotopic (exact) mass is 785 g/mol. The molecule has 0 bridgehead atoms. The van der Waals surface area contributed by atoms with Gasteiger partial charge in [-0.1, -0.05) is 13.2 Å². The van der Waals surface area contributed by atoms with Crippen LogP contribution in [0.4, 0.5) is 0 Å². The molecule has 0 aromatic rings. The van der Waals surface area contributed by atoms with E-state index in [-0.39, 0.29) is 118 Å². The lowest BCUT2D eigenvalue weighted by atomic mass is 10.2. The fraction of sp³-hybridized carbons (Fsp3) is 0.697. The number of rotatable bonds is 34. The molecule has 314 valence electrons. The number of hydrogen-bond acceptors (Lipinski definition) is 20. The molecule has 0 radical (unpaired) electrons. The third-order valence-corrected chi connectivity index (χ3v) is 5.28. The molecule has 0 saturated carbocycles.